The number of aromatic amines is 1. The van der Waals surface area contributed by atoms with Crippen LogP contribution in [0.4, 0.5) is 5.69 Å². The fraction of sp³-hybridized carbons (Fsp3) is 0.0690. The van der Waals surface area contributed by atoms with Gasteiger partial charge in [0.15, 0.2) is 0 Å². The van der Waals surface area contributed by atoms with Crippen LogP contribution >= 0.6 is 0 Å². The highest BCUT2D eigenvalue weighted by atomic mass is 15.1. The summed E-state index contributed by atoms with van der Waals surface area (Å²) in [6.07, 6.45) is 0. The predicted octanol–water partition coefficient (Wildman–Crippen LogP) is 7.14. The quantitative estimate of drug-likeness (QED) is 0.331. The number of rotatable bonds is 5. The third kappa shape index (κ3) is 3.93. The van der Waals surface area contributed by atoms with Gasteiger partial charge in [0.05, 0.1) is 11.4 Å². The molecule has 0 radical (unpaired) electrons. The summed E-state index contributed by atoms with van der Waals surface area (Å²) in [4.78, 5) is 10.7. The third-order valence-corrected chi connectivity index (χ3v) is 5.69. The summed E-state index contributed by atoms with van der Waals surface area (Å²) in [5.41, 5.74) is 8.87. The fourth-order valence-electron chi connectivity index (χ4n) is 3.90. The second-order valence-corrected chi connectivity index (χ2v) is 8.06. The normalized spacial score (nSPS) is 10.8. The molecule has 0 saturated heterocycles. The molecule has 3 heteroatoms. The summed E-state index contributed by atoms with van der Waals surface area (Å²) in [5.74, 6) is 0.872. The standard InChI is InChI=1S/C29H25N3/c1-32(2)26-19-17-25(18-20-26)29-30-27(23-11-7-4-8-12-23)28(31-29)24-15-13-22(14-16-24)21-9-5-3-6-10-21/h3-20H,1-2H3,(H,30,31). The lowest BCUT2D eigenvalue weighted by Crippen LogP contribution is -2.07. The number of anilines is 1. The summed E-state index contributed by atoms with van der Waals surface area (Å²) in [6.45, 7) is 0. The van der Waals surface area contributed by atoms with Gasteiger partial charge in [-0.25, -0.2) is 4.98 Å². The molecule has 0 bridgehead atoms. The maximum absolute atomic E-state index is 5.01. The second kappa shape index (κ2) is 8.56. The molecule has 1 heterocycles. The van der Waals surface area contributed by atoms with Crippen LogP contribution in [0.3, 0.4) is 0 Å². The van der Waals surface area contributed by atoms with Gasteiger partial charge in [-0.15, -0.1) is 0 Å². The van der Waals surface area contributed by atoms with Crippen LogP contribution in [0.2, 0.25) is 0 Å². The highest BCUT2D eigenvalue weighted by Crippen LogP contribution is 2.34. The number of nitrogens with one attached hydrogen (secondary N) is 1. The van der Waals surface area contributed by atoms with Crippen molar-refractivity contribution in [2.45, 2.75) is 0 Å². The Hall–Kier alpha value is -4.11. The van der Waals surface area contributed by atoms with E-state index in [1.165, 1.54) is 16.8 Å². The van der Waals surface area contributed by atoms with Crippen LogP contribution in [-0.2, 0) is 0 Å². The number of hydrogen-bond donors (Lipinski definition) is 1. The van der Waals surface area contributed by atoms with E-state index < -0.39 is 0 Å². The molecule has 0 atom stereocenters. The molecule has 0 spiro atoms. The van der Waals surface area contributed by atoms with Crippen molar-refractivity contribution >= 4 is 5.69 Å². The first-order valence-corrected chi connectivity index (χ1v) is 10.8. The van der Waals surface area contributed by atoms with Crippen molar-refractivity contribution in [3.63, 3.8) is 0 Å². The maximum Gasteiger partial charge on any atom is 0.138 e. The molecule has 3 nitrogen and oxygen atoms in total. The van der Waals surface area contributed by atoms with E-state index in [2.05, 4.69) is 107 Å². The van der Waals surface area contributed by atoms with E-state index in [1.807, 2.05) is 26.2 Å². The van der Waals surface area contributed by atoms with Crippen molar-refractivity contribution in [3.05, 3.63) is 109 Å². The van der Waals surface area contributed by atoms with Gasteiger partial charge in [-0.3, -0.25) is 0 Å². The first-order chi connectivity index (χ1) is 15.7. The van der Waals surface area contributed by atoms with Crippen molar-refractivity contribution in [2.75, 3.05) is 19.0 Å². The first-order valence-electron chi connectivity index (χ1n) is 10.8. The largest absolute Gasteiger partial charge is 0.378 e. The van der Waals surface area contributed by atoms with Gasteiger partial charge >= 0.3 is 0 Å². The van der Waals surface area contributed by atoms with Crippen molar-refractivity contribution in [1.29, 1.82) is 0 Å². The third-order valence-electron chi connectivity index (χ3n) is 5.69. The van der Waals surface area contributed by atoms with Crippen molar-refractivity contribution < 1.29 is 0 Å². The predicted molar refractivity (Wildman–Crippen MR) is 135 cm³/mol. The van der Waals surface area contributed by atoms with E-state index >= 15 is 0 Å². The lowest BCUT2D eigenvalue weighted by molar-refractivity contribution is 1.13. The van der Waals surface area contributed by atoms with Crippen LogP contribution in [-0.4, -0.2) is 24.1 Å². The molecule has 0 unspecified atom stereocenters. The number of nitrogens with zero attached hydrogens (tertiary/aromatic N) is 2. The van der Waals surface area contributed by atoms with Crippen molar-refractivity contribution in [1.82, 2.24) is 9.97 Å². The monoisotopic (exact) mass is 415 g/mol. The highest BCUT2D eigenvalue weighted by molar-refractivity contribution is 5.82. The zero-order valence-electron chi connectivity index (χ0n) is 18.3. The van der Waals surface area contributed by atoms with Crippen molar-refractivity contribution in [3.8, 4) is 45.0 Å². The topological polar surface area (TPSA) is 31.9 Å². The Morgan fingerprint density at radius 1 is 0.531 bits per heavy atom. The van der Waals surface area contributed by atoms with E-state index in [-0.39, 0.29) is 0 Å². The molecular formula is C29H25N3. The van der Waals surface area contributed by atoms with Crippen LogP contribution in [0.1, 0.15) is 0 Å². The van der Waals surface area contributed by atoms with Gasteiger partial charge in [-0.2, -0.15) is 0 Å². The molecule has 156 valence electrons. The van der Waals surface area contributed by atoms with E-state index in [9.17, 15) is 0 Å². The van der Waals surface area contributed by atoms with Gasteiger partial charge in [0, 0.05) is 36.5 Å². The number of H-pyrrole nitrogens is 1. The van der Waals surface area contributed by atoms with Gasteiger partial charge in [0.25, 0.3) is 0 Å². The van der Waals surface area contributed by atoms with Gasteiger partial charge < -0.3 is 9.88 Å². The van der Waals surface area contributed by atoms with Gasteiger partial charge in [-0.1, -0.05) is 84.9 Å². The Kier molecular flexibility index (Phi) is 5.30. The second-order valence-electron chi connectivity index (χ2n) is 8.06. The molecule has 4 aromatic carbocycles. The molecule has 5 rings (SSSR count). The maximum atomic E-state index is 5.01. The number of aromatic nitrogens is 2. The average Bonchev–Trinajstić information content (AvgIpc) is 3.31. The molecule has 0 amide bonds. The lowest BCUT2D eigenvalue weighted by atomic mass is 10.0. The summed E-state index contributed by atoms with van der Waals surface area (Å²) >= 11 is 0. The Morgan fingerprint density at radius 3 is 1.62 bits per heavy atom. The minimum Gasteiger partial charge on any atom is -0.378 e. The molecule has 32 heavy (non-hydrogen) atoms. The van der Waals surface area contributed by atoms with E-state index in [1.54, 1.807) is 0 Å². The molecule has 1 N–H and O–H groups in total. The van der Waals surface area contributed by atoms with Crippen LogP contribution in [0, 0.1) is 0 Å². The van der Waals surface area contributed by atoms with Gasteiger partial charge in [0.1, 0.15) is 5.82 Å². The Labute approximate surface area is 189 Å². The lowest BCUT2D eigenvalue weighted by Gasteiger charge is -2.12. The Bertz CT molecular complexity index is 1300. The van der Waals surface area contributed by atoms with E-state index in [0.717, 1.165) is 33.9 Å². The molecule has 1 aromatic heterocycles. The molecule has 0 aliphatic carbocycles. The number of benzene rings is 4. The minimum absolute atomic E-state index is 0.872. The molecule has 0 saturated carbocycles. The van der Waals surface area contributed by atoms with Crippen LogP contribution in [0.25, 0.3) is 45.0 Å². The molecule has 0 fully saturated rings. The zero-order chi connectivity index (χ0) is 21.9. The number of hydrogen-bond acceptors (Lipinski definition) is 2. The molecule has 5 aromatic rings. The smallest absolute Gasteiger partial charge is 0.138 e. The Morgan fingerprint density at radius 2 is 1.03 bits per heavy atom. The summed E-state index contributed by atoms with van der Waals surface area (Å²) < 4.78 is 0. The molecule has 0 aliphatic rings. The van der Waals surface area contributed by atoms with Gasteiger partial charge in [0.2, 0.25) is 0 Å². The average molecular weight is 416 g/mol. The molecular weight excluding hydrogens is 390 g/mol. The minimum atomic E-state index is 0.872. The van der Waals surface area contributed by atoms with E-state index in [4.69, 9.17) is 4.98 Å². The first kappa shape index (κ1) is 19.8. The Balaban J connectivity index is 1.58. The molecule has 0 aliphatic heterocycles. The van der Waals surface area contributed by atoms with Crippen LogP contribution < -0.4 is 4.90 Å². The summed E-state index contributed by atoms with van der Waals surface area (Å²) in [7, 11) is 4.10. The van der Waals surface area contributed by atoms with Crippen LogP contribution in [0.5, 0.6) is 0 Å². The zero-order valence-corrected chi connectivity index (χ0v) is 18.3. The van der Waals surface area contributed by atoms with Crippen LogP contribution in [0.15, 0.2) is 109 Å². The van der Waals surface area contributed by atoms with Gasteiger partial charge in [-0.05, 0) is 35.4 Å². The summed E-state index contributed by atoms with van der Waals surface area (Å²) in [6, 6.07) is 38.0. The van der Waals surface area contributed by atoms with E-state index in [0.29, 0.717) is 0 Å². The SMILES string of the molecule is CN(C)c1ccc(-c2nc(-c3ccccc3)c(-c3ccc(-c4ccccc4)cc3)[nH]2)cc1. The number of imidazole rings is 1. The fourth-order valence-corrected chi connectivity index (χ4v) is 3.90. The highest BCUT2D eigenvalue weighted by Gasteiger charge is 2.15. The van der Waals surface area contributed by atoms with Crippen molar-refractivity contribution in [2.24, 2.45) is 0 Å². The summed E-state index contributed by atoms with van der Waals surface area (Å²) in [5, 5.41) is 0.